The third-order valence-corrected chi connectivity index (χ3v) is 2.93. The minimum Gasteiger partial charge on any atom is -0.358 e. The molecular formula is C10H10BrFeKN. The second-order valence-electron chi connectivity index (χ2n) is 3.04. The molecule has 2 aromatic rings. The summed E-state index contributed by atoms with van der Waals surface area (Å²) in [4.78, 5) is 3.34. The Hall–Kier alpha value is 1.40. The molecule has 0 saturated carbocycles. The van der Waals surface area contributed by atoms with Crippen LogP contribution in [0.2, 0.25) is 0 Å². The molecule has 14 heavy (non-hydrogen) atoms. The van der Waals surface area contributed by atoms with Gasteiger partial charge in [-0.05, 0) is 31.5 Å². The molecule has 1 nitrogen and oxygen atoms in total. The molecule has 1 N–H and O–H groups in total. The fourth-order valence-electron chi connectivity index (χ4n) is 1.49. The summed E-state index contributed by atoms with van der Waals surface area (Å²) in [6, 6.07) is 6.21. The Kier molecular flexibility index (Phi) is 6.83. The fraction of sp³-hybridized carbons (Fsp3) is 0.200. The molecule has 0 fully saturated rings. The third-order valence-electron chi connectivity index (χ3n) is 2.27. The number of rotatable bonds is 0. The van der Waals surface area contributed by atoms with Gasteiger partial charge in [0.2, 0.25) is 0 Å². The number of hydrogen-bond donors (Lipinski definition) is 1. The van der Waals surface area contributed by atoms with Crippen molar-refractivity contribution in [2.24, 2.45) is 0 Å². The van der Waals surface area contributed by atoms with E-state index in [1.54, 1.807) is 0 Å². The molecule has 0 saturated heterocycles. The molecule has 2 rings (SSSR count). The number of aromatic nitrogens is 1. The third kappa shape index (κ3) is 2.74. The van der Waals surface area contributed by atoms with Crippen molar-refractivity contribution in [3.63, 3.8) is 0 Å². The van der Waals surface area contributed by atoms with E-state index >= 15 is 0 Å². The molecule has 0 aliphatic rings. The van der Waals surface area contributed by atoms with E-state index in [4.69, 9.17) is 0 Å². The maximum Gasteiger partial charge on any atom is 0.0470 e. The number of aromatic amines is 1. The van der Waals surface area contributed by atoms with Gasteiger partial charge in [0.25, 0.3) is 0 Å². The molecule has 0 aliphatic heterocycles. The molecule has 1 radical (unpaired) electrons. The van der Waals surface area contributed by atoms with Crippen molar-refractivity contribution in [2.45, 2.75) is 13.8 Å². The van der Waals surface area contributed by atoms with Crippen LogP contribution < -0.4 is 0 Å². The van der Waals surface area contributed by atoms with E-state index in [1.807, 2.05) is 6.07 Å². The van der Waals surface area contributed by atoms with E-state index in [9.17, 15) is 0 Å². The number of hydrogen-bond acceptors (Lipinski definition) is 0. The van der Waals surface area contributed by atoms with Crippen LogP contribution in [0, 0.1) is 13.8 Å². The van der Waals surface area contributed by atoms with Gasteiger partial charge >= 0.3 is 0 Å². The van der Waals surface area contributed by atoms with E-state index in [1.165, 1.54) is 26.6 Å². The first-order valence-electron chi connectivity index (χ1n) is 3.93. The Labute approximate surface area is 145 Å². The molecule has 1 heterocycles. The van der Waals surface area contributed by atoms with Crippen molar-refractivity contribution >= 4 is 78.2 Å². The zero-order chi connectivity index (χ0) is 8.72. The Bertz CT molecular complexity index is 439. The van der Waals surface area contributed by atoms with Crippen LogP contribution in [0.4, 0.5) is 0 Å². The van der Waals surface area contributed by atoms with E-state index in [-0.39, 0.29) is 68.5 Å². The van der Waals surface area contributed by atoms with Gasteiger partial charge in [0.15, 0.2) is 0 Å². The molecule has 0 atom stereocenters. The summed E-state index contributed by atoms with van der Waals surface area (Å²) >= 11 is 3.54. The maximum atomic E-state index is 3.54. The summed E-state index contributed by atoms with van der Waals surface area (Å²) in [7, 11) is 0. The molecule has 0 spiro atoms. The first-order valence-corrected chi connectivity index (χ1v) is 4.73. The van der Waals surface area contributed by atoms with E-state index in [2.05, 4.69) is 46.9 Å². The van der Waals surface area contributed by atoms with Crippen molar-refractivity contribution in [1.29, 1.82) is 0 Å². The van der Waals surface area contributed by atoms with Crippen molar-refractivity contribution in [3.8, 4) is 0 Å². The number of halogens is 1. The molecular weight excluding hydrogens is 309 g/mol. The van der Waals surface area contributed by atoms with Crippen molar-refractivity contribution in [2.75, 3.05) is 0 Å². The molecule has 0 aliphatic carbocycles. The summed E-state index contributed by atoms with van der Waals surface area (Å²) in [6.45, 7) is 4.24. The normalized spacial score (nSPS) is 9.36. The number of fused-ring (bicyclic) bond motifs is 1. The second-order valence-corrected chi connectivity index (χ2v) is 3.89. The Morgan fingerprint density at radius 1 is 1.21 bits per heavy atom. The molecule has 1 aromatic carbocycles. The van der Waals surface area contributed by atoms with Gasteiger partial charge in [-0.25, -0.2) is 0 Å². The molecule has 4 heteroatoms. The van der Waals surface area contributed by atoms with Gasteiger partial charge in [-0.15, -0.1) is 0 Å². The zero-order valence-electron chi connectivity index (χ0n) is 8.46. The maximum absolute atomic E-state index is 3.54. The molecule has 1 aromatic heterocycles. The number of benzene rings is 1. The number of aryl methyl sites for hydroxylation is 2. The first-order chi connectivity index (χ1) is 5.70. The monoisotopic (exact) mass is 318 g/mol. The average Bonchev–Trinajstić information content (AvgIpc) is 2.29. The van der Waals surface area contributed by atoms with Gasteiger partial charge in [0.05, 0.1) is 0 Å². The molecule has 0 unspecified atom stereocenters. The van der Waals surface area contributed by atoms with Gasteiger partial charge in [-0.3, -0.25) is 0 Å². The Morgan fingerprint density at radius 3 is 2.43 bits per heavy atom. The second kappa shape index (κ2) is 6.21. The topological polar surface area (TPSA) is 15.8 Å². The summed E-state index contributed by atoms with van der Waals surface area (Å²) in [6.07, 6.45) is 0. The van der Waals surface area contributed by atoms with Crippen LogP contribution in [0.15, 0.2) is 22.7 Å². The van der Waals surface area contributed by atoms with E-state index in [0.717, 1.165) is 0 Å². The largest absolute Gasteiger partial charge is 0.358 e. The SMILES string of the molecule is Cc1[nH]c2cccc(Br)c2c1C.[Fe].[K]. The zero-order valence-corrected chi connectivity index (χ0v) is 14.3. The fourth-order valence-corrected chi connectivity index (χ4v) is 2.16. The quantitative estimate of drug-likeness (QED) is 0.718. The minimum atomic E-state index is 0. The first kappa shape index (κ1) is 15.4. The molecule has 0 bridgehead atoms. The van der Waals surface area contributed by atoms with Crippen LogP contribution in [-0.4, -0.2) is 56.4 Å². The van der Waals surface area contributed by atoms with Crippen LogP contribution >= 0.6 is 15.9 Å². The van der Waals surface area contributed by atoms with Crippen LogP contribution in [0.25, 0.3) is 10.9 Å². The van der Waals surface area contributed by atoms with Crippen molar-refractivity contribution < 1.29 is 17.1 Å². The number of H-pyrrole nitrogens is 1. The van der Waals surface area contributed by atoms with Crippen LogP contribution in [0.5, 0.6) is 0 Å². The molecule has 71 valence electrons. The summed E-state index contributed by atoms with van der Waals surface area (Å²) in [5.74, 6) is 0. The predicted octanol–water partition coefficient (Wildman–Crippen LogP) is 3.16. The van der Waals surface area contributed by atoms with E-state index < -0.39 is 0 Å². The minimum absolute atomic E-state index is 0. The Balaban J connectivity index is 0.000000845. The van der Waals surface area contributed by atoms with Crippen LogP contribution in [0.3, 0.4) is 0 Å². The van der Waals surface area contributed by atoms with Gasteiger partial charge in [0, 0.05) is 89.5 Å². The molecule has 0 amide bonds. The van der Waals surface area contributed by atoms with Crippen molar-refractivity contribution in [1.82, 2.24) is 4.98 Å². The standard InChI is InChI=1S/C10H10BrN.Fe.K/c1-6-7(2)12-9-5-3-4-8(11)10(6)9;;/h3-5,12H,1-2H3;;. The summed E-state index contributed by atoms with van der Waals surface area (Å²) < 4.78 is 1.17. The van der Waals surface area contributed by atoms with Gasteiger partial charge in [-0.2, -0.15) is 0 Å². The van der Waals surface area contributed by atoms with Gasteiger partial charge in [-0.1, -0.05) is 22.0 Å². The van der Waals surface area contributed by atoms with Crippen LogP contribution in [-0.2, 0) is 17.1 Å². The summed E-state index contributed by atoms with van der Waals surface area (Å²) in [5, 5.41) is 1.30. The average molecular weight is 319 g/mol. The van der Waals surface area contributed by atoms with Crippen molar-refractivity contribution in [3.05, 3.63) is 33.9 Å². The van der Waals surface area contributed by atoms with Gasteiger partial charge in [0.1, 0.15) is 0 Å². The number of nitrogens with one attached hydrogen (secondary N) is 1. The van der Waals surface area contributed by atoms with Gasteiger partial charge < -0.3 is 4.98 Å². The summed E-state index contributed by atoms with van der Waals surface area (Å²) in [5.41, 5.74) is 3.79. The van der Waals surface area contributed by atoms with E-state index in [0.29, 0.717) is 0 Å². The smallest absolute Gasteiger partial charge is 0.0470 e. The van der Waals surface area contributed by atoms with Crippen LogP contribution in [0.1, 0.15) is 11.3 Å². The predicted molar refractivity (Wildman–Crippen MR) is 61.2 cm³/mol. The Morgan fingerprint density at radius 2 is 1.86 bits per heavy atom.